The maximum Gasteiger partial charge on any atom is 0.278 e. The first kappa shape index (κ1) is 18.2. The summed E-state index contributed by atoms with van der Waals surface area (Å²) >= 11 is 1.17. The van der Waals surface area contributed by atoms with Gasteiger partial charge in [-0.2, -0.15) is 0 Å². The molecule has 0 saturated heterocycles. The molecule has 3 heterocycles. The van der Waals surface area contributed by atoms with Gasteiger partial charge in [-0.1, -0.05) is 11.8 Å². The molecule has 0 atom stereocenters. The van der Waals surface area contributed by atoms with E-state index in [9.17, 15) is 14.0 Å². The van der Waals surface area contributed by atoms with Gasteiger partial charge in [-0.3, -0.25) is 14.2 Å². The number of hydrogen-bond acceptors (Lipinski definition) is 5. The topological polar surface area (TPSA) is 80.9 Å². The van der Waals surface area contributed by atoms with E-state index in [1.54, 1.807) is 18.2 Å². The second-order valence-electron chi connectivity index (χ2n) is 6.30. The van der Waals surface area contributed by atoms with Gasteiger partial charge in [0.05, 0.1) is 24.1 Å². The number of nitrogens with one attached hydrogen (secondary N) is 1. The fraction of sp³-hybridized carbons (Fsp3) is 0.150. The van der Waals surface area contributed by atoms with E-state index in [4.69, 9.17) is 4.42 Å². The summed E-state index contributed by atoms with van der Waals surface area (Å²) in [5, 5.41) is 0.420. The van der Waals surface area contributed by atoms with Gasteiger partial charge in [-0.05, 0) is 49.4 Å². The molecular formula is C20H16FN3O3S. The van der Waals surface area contributed by atoms with Gasteiger partial charge in [0.15, 0.2) is 10.9 Å². The Kier molecular flexibility index (Phi) is 4.87. The van der Waals surface area contributed by atoms with Crippen LogP contribution in [0.3, 0.4) is 0 Å². The number of ketones is 1. The molecule has 0 amide bonds. The lowest BCUT2D eigenvalue weighted by Crippen LogP contribution is -2.24. The summed E-state index contributed by atoms with van der Waals surface area (Å²) in [6, 6.07) is 10.7. The van der Waals surface area contributed by atoms with E-state index in [1.165, 1.54) is 46.9 Å². The number of benzene rings is 1. The molecule has 28 heavy (non-hydrogen) atoms. The summed E-state index contributed by atoms with van der Waals surface area (Å²) in [5.41, 5.74) is 1.97. The molecule has 3 aromatic heterocycles. The molecule has 4 rings (SSSR count). The molecule has 0 unspecified atom stereocenters. The number of thioether (sulfide) groups is 1. The minimum Gasteiger partial charge on any atom is -0.467 e. The number of carbonyl (C=O) groups excluding carboxylic acids is 1. The van der Waals surface area contributed by atoms with Crippen LogP contribution in [0.15, 0.2) is 63.1 Å². The van der Waals surface area contributed by atoms with Crippen molar-refractivity contribution in [2.75, 3.05) is 5.75 Å². The number of furan rings is 1. The van der Waals surface area contributed by atoms with Gasteiger partial charge in [0, 0.05) is 11.3 Å². The zero-order valence-corrected chi connectivity index (χ0v) is 15.8. The fourth-order valence-electron chi connectivity index (χ4n) is 2.87. The van der Waals surface area contributed by atoms with Crippen LogP contribution in [-0.4, -0.2) is 26.1 Å². The van der Waals surface area contributed by atoms with Crippen molar-refractivity contribution in [2.24, 2.45) is 0 Å². The summed E-state index contributed by atoms with van der Waals surface area (Å²) in [7, 11) is 0. The van der Waals surface area contributed by atoms with Crippen molar-refractivity contribution in [1.82, 2.24) is 14.5 Å². The Bertz CT molecular complexity index is 1190. The predicted octanol–water partition coefficient (Wildman–Crippen LogP) is 3.79. The molecule has 0 aliphatic rings. The van der Waals surface area contributed by atoms with Crippen LogP contribution in [0.1, 0.15) is 21.8 Å². The van der Waals surface area contributed by atoms with Gasteiger partial charge in [0.2, 0.25) is 0 Å². The number of halogens is 1. The average Bonchev–Trinajstić information content (AvgIpc) is 3.32. The van der Waals surface area contributed by atoms with Crippen LogP contribution in [0.2, 0.25) is 0 Å². The second kappa shape index (κ2) is 7.47. The third-order valence-electron chi connectivity index (χ3n) is 4.23. The number of aryl methyl sites for hydroxylation is 1. The molecule has 6 nitrogen and oxygen atoms in total. The lowest BCUT2D eigenvalue weighted by Gasteiger charge is -2.10. The summed E-state index contributed by atoms with van der Waals surface area (Å²) < 4.78 is 19.9. The van der Waals surface area contributed by atoms with E-state index in [1.807, 2.05) is 6.92 Å². The van der Waals surface area contributed by atoms with Crippen LogP contribution < -0.4 is 5.56 Å². The maximum absolute atomic E-state index is 13.1. The highest BCUT2D eigenvalue weighted by Gasteiger charge is 2.16. The number of hydrogen-bond donors (Lipinski definition) is 1. The first-order valence-corrected chi connectivity index (χ1v) is 9.54. The van der Waals surface area contributed by atoms with Crippen molar-refractivity contribution >= 4 is 28.6 Å². The normalized spacial score (nSPS) is 11.2. The number of H-pyrrole nitrogens is 1. The minimum atomic E-state index is -0.397. The standard InChI is InChI=1S/C20H16FN3O3S/c1-12-9-16-18(22-12)19(26)24(10-15-3-2-8-27-15)20(23-16)28-11-17(25)13-4-6-14(21)7-5-13/h2-9,22H,10-11H2,1H3. The van der Waals surface area contributed by atoms with Crippen molar-refractivity contribution in [3.63, 3.8) is 0 Å². The largest absolute Gasteiger partial charge is 0.467 e. The van der Waals surface area contributed by atoms with E-state index >= 15 is 0 Å². The third-order valence-corrected chi connectivity index (χ3v) is 5.21. The molecular weight excluding hydrogens is 381 g/mol. The molecule has 0 saturated carbocycles. The highest BCUT2D eigenvalue weighted by molar-refractivity contribution is 7.99. The highest BCUT2D eigenvalue weighted by atomic mass is 32.2. The van der Waals surface area contributed by atoms with E-state index in [-0.39, 0.29) is 23.6 Å². The quantitative estimate of drug-likeness (QED) is 0.304. The number of aromatic amines is 1. The SMILES string of the molecule is Cc1cc2nc(SCC(=O)c3ccc(F)cc3)n(Cc3ccco3)c(=O)c2[nH]1. The Hall–Kier alpha value is -3.13. The molecule has 0 bridgehead atoms. The third kappa shape index (κ3) is 3.63. The van der Waals surface area contributed by atoms with E-state index in [2.05, 4.69) is 9.97 Å². The van der Waals surface area contributed by atoms with Gasteiger partial charge < -0.3 is 9.40 Å². The summed E-state index contributed by atoms with van der Waals surface area (Å²) in [4.78, 5) is 33.0. The zero-order chi connectivity index (χ0) is 19.7. The smallest absolute Gasteiger partial charge is 0.278 e. The van der Waals surface area contributed by atoms with Gasteiger partial charge in [0.25, 0.3) is 5.56 Å². The monoisotopic (exact) mass is 397 g/mol. The first-order chi connectivity index (χ1) is 13.5. The zero-order valence-electron chi connectivity index (χ0n) is 14.9. The van der Waals surface area contributed by atoms with Gasteiger partial charge in [-0.15, -0.1) is 0 Å². The lowest BCUT2D eigenvalue weighted by atomic mass is 10.1. The van der Waals surface area contributed by atoms with Gasteiger partial charge >= 0.3 is 0 Å². The highest BCUT2D eigenvalue weighted by Crippen LogP contribution is 2.21. The van der Waals surface area contributed by atoms with Crippen LogP contribution >= 0.6 is 11.8 Å². The molecule has 0 aliphatic heterocycles. The fourth-order valence-corrected chi connectivity index (χ4v) is 3.76. The van der Waals surface area contributed by atoms with Crippen molar-refractivity contribution in [3.05, 3.63) is 81.9 Å². The molecule has 0 aliphatic carbocycles. The molecule has 0 radical (unpaired) electrons. The van der Waals surface area contributed by atoms with Crippen LogP contribution in [0, 0.1) is 12.7 Å². The number of nitrogens with zero attached hydrogens (tertiary/aromatic N) is 2. The molecule has 142 valence electrons. The first-order valence-electron chi connectivity index (χ1n) is 8.55. The van der Waals surface area contributed by atoms with Gasteiger partial charge in [-0.25, -0.2) is 9.37 Å². The number of Topliss-reactive ketones (excluding diaryl/α,β-unsaturated/α-hetero) is 1. The molecule has 0 spiro atoms. The van der Waals surface area contributed by atoms with E-state index < -0.39 is 5.82 Å². The summed E-state index contributed by atoms with van der Waals surface area (Å²) in [6.07, 6.45) is 1.54. The number of carbonyl (C=O) groups is 1. The van der Waals surface area contributed by atoms with Crippen molar-refractivity contribution < 1.29 is 13.6 Å². The molecule has 1 aromatic carbocycles. The number of fused-ring (bicyclic) bond motifs is 1. The number of aromatic nitrogens is 3. The van der Waals surface area contributed by atoms with Crippen LogP contribution in [0.5, 0.6) is 0 Å². The van der Waals surface area contributed by atoms with Crippen LogP contribution in [0.25, 0.3) is 11.0 Å². The molecule has 4 aromatic rings. The van der Waals surface area contributed by atoms with Crippen LogP contribution in [0.4, 0.5) is 4.39 Å². The number of rotatable bonds is 6. The van der Waals surface area contributed by atoms with Gasteiger partial charge in [0.1, 0.15) is 17.1 Å². The van der Waals surface area contributed by atoms with E-state index in [0.29, 0.717) is 27.5 Å². The minimum absolute atomic E-state index is 0.0745. The molecule has 1 N–H and O–H groups in total. The molecule has 0 fully saturated rings. The Morgan fingerprint density at radius 3 is 2.79 bits per heavy atom. The lowest BCUT2D eigenvalue weighted by molar-refractivity contribution is 0.102. The van der Waals surface area contributed by atoms with Crippen molar-refractivity contribution in [3.8, 4) is 0 Å². The predicted molar refractivity (Wildman–Crippen MR) is 104 cm³/mol. The van der Waals surface area contributed by atoms with Crippen molar-refractivity contribution in [1.29, 1.82) is 0 Å². The van der Waals surface area contributed by atoms with E-state index in [0.717, 1.165) is 5.69 Å². The average molecular weight is 397 g/mol. The van der Waals surface area contributed by atoms with Crippen LogP contribution in [-0.2, 0) is 6.54 Å². The summed E-state index contributed by atoms with van der Waals surface area (Å²) in [6.45, 7) is 2.06. The summed E-state index contributed by atoms with van der Waals surface area (Å²) in [5.74, 6) is 0.115. The Labute approximate surface area is 163 Å². The Morgan fingerprint density at radius 1 is 1.29 bits per heavy atom. The Morgan fingerprint density at radius 2 is 2.07 bits per heavy atom. The molecule has 8 heteroatoms. The van der Waals surface area contributed by atoms with Crippen molar-refractivity contribution in [2.45, 2.75) is 18.6 Å². The second-order valence-corrected chi connectivity index (χ2v) is 7.24. The maximum atomic E-state index is 13.1. The Balaban J connectivity index is 1.67.